The quantitative estimate of drug-likeness (QED) is 0.791. The molecule has 2 aromatic carbocycles. The van der Waals surface area contributed by atoms with Gasteiger partial charge in [-0.25, -0.2) is 0 Å². The standard InChI is InChI=1S/C16H15ClN2O3/c17-13-5-2-4-12(8-13)16(22)18-9-15(21)19-14-6-1-3-11(7-14)10-20/h1-8,20H,9-10H2,(H,18,22)(H,19,21). The van der Waals surface area contributed by atoms with Crippen LogP contribution < -0.4 is 10.6 Å². The summed E-state index contributed by atoms with van der Waals surface area (Å²) in [5.41, 5.74) is 1.65. The number of carbonyl (C=O) groups excluding carboxylic acids is 2. The smallest absolute Gasteiger partial charge is 0.251 e. The van der Waals surface area contributed by atoms with Gasteiger partial charge in [0.05, 0.1) is 13.2 Å². The first-order valence-corrected chi connectivity index (χ1v) is 6.99. The molecule has 0 aliphatic carbocycles. The minimum absolute atomic E-state index is 0.102. The van der Waals surface area contributed by atoms with Crippen LogP contribution in [0.1, 0.15) is 15.9 Å². The molecule has 0 heterocycles. The van der Waals surface area contributed by atoms with Gasteiger partial charge >= 0.3 is 0 Å². The molecule has 0 unspecified atom stereocenters. The summed E-state index contributed by atoms with van der Waals surface area (Å²) < 4.78 is 0. The van der Waals surface area contributed by atoms with Gasteiger partial charge in [-0.3, -0.25) is 9.59 Å². The van der Waals surface area contributed by atoms with Crippen LogP contribution in [0, 0.1) is 0 Å². The van der Waals surface area contributed by atoms with Gasteiger partial charge in [-0.1, -0.05) is 29.8 Å². The normalized spacial score (nSPS) is 10.1. The van der Waals surface area contributed by atoms with Crippen molar-refractivity contribution in [3.8, 4) is 0 Å². The predicted molar refractivity (Wildman–Crippen MR) is 84.8 cm³/mol. The van der Waals surface area contributed by atoms with E-state index in [0.717, 1.165) is 0 Å². The Morgan fingerprint density at radius 1 is 1.09 bits per heavy atom. The molecule has 0 saturated heterocycles. The van der Waals surface area contributed by atoms with E-state index in [-0.39, 0.29) is 25.0 Å². The van der Waals surface area contributed by atoms with Gasteiger partial charge in [-0.2, -0.15) is 0 Å². The van der Waals surface area contributed by atoms with Crippen LogP contribution in [0.3, 0.4) is 0 Å². The van der Waals surface area contributed by atoms with Gasteiger partial charge in [0.25, 0.3) is 5.91 Å². The van der Waals surface area contributed by atoms with Crippen molar-refractivity contribution in [1.29, 1.82) is 0 Å². The molecular weight excluding hydrogens is 304 g/mol. The Hall–Kier alpha value is -2.37. The predicted octanol–water partition coefficient (Wildman–Crippen LogP) is 2.20. The molecule has 0 atom stereocenters. The van der Waals surface area contributed by atoms with Crippen molar-refractivity contribution in [2.24, 2.45) is 0 Å². The third-order valence-electron chi connectivity index (χ3n) is 2.89. The summed E-state index contributed by atoms with van der Waals surface area (Å²) in [6.07, 6.45) is 0. The van der Waals surface area contributed by atoms with Gasteiger partial charge < -0.3 is 15.7 Å². The van der Waals surface area contributed by atoms with Gasteiger partial charge in [0.1, 0.15) is 0 Å². The van der Waals surface area contributed by atoms with Crippen LogP contribution >= 0.6 is 11.6 Å². The van der Waals surface area contributed by atoms with Crippen LogP contribution in [0.4, 0.5) is 5.69 Å². The lowest BCUT2D eigenvalue weighted by Gasteiger charge is -2.08. The lowest BCUT2D eigenvalue weighted by Crippen LogP contribution is -2.32. The molecule has 0 fully saturated rings. The van der Waals surface area contributed by atoms with Gasteiger partial charge in [0.15, 0.2) is 0 Å². The van der Waals surface area contributed by atoms with Crippen molar-refractivity contribution in [2.45, 2.75) is 6.61 Å². The van der Waals surface area contributed by atoms with Crippen molar-refractivity contribution in [2.75, 3.05) is 11.9 Å². The van der Waals surface area contributed by atoms with Crippen LogP contribution in [-0.4, -0.2) is 23.5 Å². The van der Waals surface area contributed by atoms with Crippen molar-refractivity contribution < 1.29 is 14.7 Å². The molecule has 0 aliphatic heterocycles. The molecular formula is C16H15ClN2O3. The number of benzene rings is 2. The van der Waals surface area contributed by atoms with Crippen LogP contribution in [-0.2, 0) is 11.4 Å². The molecule has 2 rings (SSSR count). The molecule has 3 N–H and O–H groups in total. The summed E-state index contributed by atoms with van der Waals surface area (Å²) >= 11 is 5.81. The molecule has 2 amide bonds. The number of amides is 2. The number of aliphatic hydroxyl groups is 1. The summed E-state index contributed by atoms with van der Waals surface area (Å²) in [6.45, 7) is -0.260. The molecule has 0 saturated carbocycles. The zero-order chi connectivity index (χ0) is 15.9. The highest BCUT2D eigenvalue weighted by atomic mass is 35.5. The van der Waals surface area contributed by atoms with Crippen LogP contribution in [0.15, 0.2) is 48.5 Å². The Morgan fingerprint density at radius 2 is 1.86 bits per heavy atom. The second-order valence-electron chi connectivity index (χ2n) is 4.60. The van der Waals surface area contributed by atoms with E-state index in [4.69, 9.17) is 16.7 Å². The molecule has 0 bridgehead atoms. The van der Waals surface area contributed by atoms with Gasteiger partial charge in [-0.15, -0.1) is 0 Å². The summed E-state index contributed by atoms with van der Waals surface area (Å²) in [7, 11) is 0. The van der Waals surface area contributed by atoms with Crippen LogP contribution in [0.2, 0.25) is 5.02 Å². The summed E-state index contributed by atoms with van der Waals surface area (Å²) in [4.78, 5) is 23.7. The topological polar surface area (TPSA) is 78.4 Å². The summed E-state index contributed by atoms with van der Waals surface area (Å²) in [5, 5.41) is 14.7. The Labute approximate surface area is 132 Å². The zero-order valence-electron chi connectivity index (χ0n) is 11.7. The second-order valence-corrected chi connectivity index (χ2v) is 5.04. The maximum atomic E-state index is 11.9. The third kappa shape index (κ3) is 4.58. The van der Waals surface area contributed by atoms with Crippen molar-refractivity contribution in [1.82, 2.24) is 5.32 Å². The molecule has 2 aromatic rings. The molecule has 0 aromatic heterocycles. The molecule has 114 valence electrons. The Kier molecular flexibility index (Phi) is 5.52. The van der Waals surface area contributed by atoms with E-state index in [1.54, 1.807) is 42.5 Å². The van der Waals surface area contributed by atoms with Crippen molar-refractivity contribution in [3.05, 3.63) is 64.7 Å². The number of hydrogen-bond acceptors (Lipinski definition) is 3. The molecule has 22 heavy (non-hydrogen) atoms. The lowest BCUT2D eigenvalue weighted by atomic mass is 10.2. The first-order chi connectivity index (χ1) is 10.6. The van der Waals surface area contributed by atoms with E-state index < -0.39 is 0 Å². The Bertz CT molecular complexity index is 689. The van der Waals surface area contributed by atoms with E-state index in [1.165, 1.54) is 6.07 Å². The maximum absolute atomic E-state index is 11.9. The van der Waals surface area contributed by atoms with Crippen molar-refractivity contribution in [3.63, 3.8) is 0 Å². The Morgan fingerprint density at radius 3 is 2.59 bits per heavy atom. The van der Waals surface area contributed by atoms with Gasteiger partial charge in [0, 0.05) is 16.3 Å². The minimum atomic E-state index is -0.373. The highest BCUT2D eigenvalue weighted by molar-refractivity contribution is 6.31. The number of carbonyl (C=O) groups is 2. The number of rotatable bonds is 5. The summed E-state index contributed by atoms with van der Waals surface area (Å²) in [5.74, 6) is -0.729. The zero-order valence-corrected chi connectivity index (χ0v) is 12.4. The fourth-order valence-corrected chi connectivity index (χ4v) is 2.04. The first-order valence-electron chi connectivity index (χ1n) is 6.62. The van der Waals surface area contributed by atoms with E-state index in [2.05, 4.69) is 10.6 Å². The highest BCUT2D eigenvalue weighted by Crippen LogP contribution is 2.11. The fourth-order valence-electron chi connectivity index (χ4n) is 1.84. The number of aliphatic hydroxyl groups excluding tert-OH is 1. The Balaban J connectivity index is 1.88. The lowest BCUT2D eigenvalue weighted by molar-refractivity contribution is -0.115. The van der Waals surface area contributed by atoms with E-state index >= 15 is 0 Å². The van der Waals surface area contributed by atoms with Crippen molar-refractivity contribution >= 4 is 29.1 Å². The average Bonchev–Trinajstić information content (AvgIpc) is 2.52. The maximum Gasteiger partial charge on any atom is 0.251 e. The number of anilines is 1. The molecule has 6 heteroatoms. The van der Waals surface area contributed by atoms with E-state index in [9.17, 15) is 9.59 Å². The van der Waals surface area contributed by atoms with Crippen LogP contribution in [0.25, 0.3) is 0 Å². The minimum Gasteiger partial charge on any atom is -0.392 e. The van der Waals surface area contributed by atoms with E-state index in [0.29, 0.717) is 21.8 Å². The first kappa shape index (κ1) is 16.0. The second kappa shape index (κ2) is 7.59. The number of halogens is 1. The third-order valence-corrected chi connectivity index (χ3v) is 3.12. The fraction of sp³-hybridized carbons (Fsp3) is 0.125. The molecule has 5 nitrogen and oxygen atoms in total. The van der Waals surface area contributed by atoms with E-state index in [1.807, 2.05) is 0 Å². The molecule has 0 aliphatic rings. The molecule has 0 radical (unpaired) electrons. The number of nitrogens with one attached hydrogen (secondary N) is 2. The summed E-state index contributed by atoms with van der Waals surface area (Å²) in [6, 6.07) is 13.3. The SMILES string of the molecule is O=C(CNC(=O)c1cccc(Cl)c1)Nc1cccc(CO)c1. The van der Waals surface area contributed by atoms with Gasteiger partial charge in [0.2, 0.25) is 5.91 Å². The average molecular weight is 319 g/mol. The molecule has 0 spiro atoms. The monoisotopic (exact) mass is 318 g/mol. The van der Waals surface area contributed by atoms with Gasteiger partial charge in [-0.05, 0) is 35.9 Å². The largest absolute Gasteiger partial charge is 0.392 e. The number of hydrogen-bond donors (Lipinski definition) is 3. The highest BCUT2D eigenvalue weighted by Gasteiger charge is 2.08. The van der Waals surface area contributed by atoms with Crippen LogP contribution in [0.5, 0.6) is 0 Å².